The van der Waals surface area contributed by atoms with Gasteiger partial charge in [0.1, 0.15) is 4.90 Å². The molecule has 1 aromatic carbocycles. The molecule has 1 aromatic rings. The number of nitrogens with one attached hydrogen (secondary N) is 2. The molecule has 0 heterocycles. The third-order valence-corrected chi connectivity index (χ3v) is 6.86. The normalized spacial score (nSPS) is 20.5. The molecule has 1 fully saturated rings. The molecule has 0 radical (unpaired) electrons. The van der Waals surface area contributed by atoms with Crippen LogP contribution in [0.5, 0.6) is 0 Å². The summed E-state index contributed by atoms with van der Waals surface area (Å²) in [5.41, 5.74) is 0.765. The molecule has 0 aliphatic heterocycles. The zero-order chi connectivity index (χ0) is 16.1. The first-order chi connectivity index (χ1) is 9.54. The van der Waals surface area contributed by atoms with Crippen LogP contribution < -0.4 is 10.0 Å². The number of halogens is 1. The molecule has 1 saturated carbocycles. The van der Waals surface area contributed by atoms with Gasteiger partial charge in [-0.15, -0.1) is 0 Å². The number of rotatable bonds is 5. The standard InChI is InChI=1S/C15H23ClN2O2S/c1-14(2)13(15(14,3)4)18-21(19,20)12-8-10(9-17-5)6-7-11(12)16/h6-8,13,17-18H,9H2,1-5H3. The van der Waals surface area contributed by atoms with Crippen molar-refractivity contribution in [2.45, 2.75) is 45.2 Å². The van der Waals surface area contributed by atoms with Gasteiger partial charge in [0, 0.05) is 12.6 Å². The van der Waals surface area contributed by atoms with Gasteiger partial charge in [-0.25, -0.2) is 13.1 Å². The van der Waals surface area contributed by atoms with E-state index in [2.05, 4.69) is 37.7 Å². The third-order valence-electron chi connectivity index (χ3n) is 4.96. The predicted octanol–water partition coefficient (Wildman–Crippen LogP) is 2.77. The average molecular weight is 331 g/mol. The van der Waals surface area contributed by atoms with E-state index in [9.17, 15) is 8.42 Å². The van der Waals surface area contributed by atoms with Crippen LogP contribution in [-0.4, -0.2) is 21.5 Å². The Hall–Kier alpha value is -0.620. The lowest BCUT2D eigenvalue weighted by molar-refractivity contribution is 0.457. The molecule has 6 heteroatoms. The van der Waals surface area contributed by atoms with Crippen LogP contribution in [-0.2, 0) is 16.6 Å². The van der Waals surface area contributed by atoms with Gasteiger partial charge in [-0.05, 0) is 35.6 Å². The van der Waals surface area contributed by atoms with Gasteiger partial charge >= 0.3 is 0 Å². The minimum atomic E-state index is -3.62. The summed E-state index contributed by atoms with van der Waals surface area (Å²) in [4.78, 5) is 0.149. The Kier molecular flexibility index (Phi) is 4.17. The monoisotopic (exact) mass is 330 g/mol. The summed E-state index contributed by atoms with van der Waals surface area (Å²) in [6.45, 7) is 8.87. The Morgan fingerprint density at radius 1 is 1.19 bits per heavy atom. The smallest absolute Gasteiger partial charge is 0.242 e. The first kappa shape index (κ1) is 16.7. The van der Waals surface area contributed by atoms with E-state index in [1.54, 1.807) is 12.1 Å². The van der Waals surface area contributed by atoms with E-state index >= 15 is 0 Å². The van der Waals surface area contributed by atoms with Gasteiger partial charge in [0.05, 0.1) is 5.02 Å². The molecule has 2 rings (SSSR count). The zero-order valence-corrected chi connectivity index (χ0v) is 14.7. The molecule has 0 saturated heterocycles. The largest absolute Gasteiger partial charge is 0.316 e. The second-order valence-corrected chi connectivity index (χ2v) is 8.88. The minimum absolute atomic E-state index is 0.0604. The topological polar surface area (TPSA) is 58.2 Å². The van der Waals surface area contributed by atoms with Gasteiger partial charge in [0.2, 0.25) is 10.0 Å². The van der Waals surface area contributed by atoms with Crippen LogP contribution in [0.2, 0.25) is 5.02 Å². The molecule has 0 aromatic heterocycles. The molecule has 0 unspecified atom stereocenters. The summed E-state index contributed by atoms with van der Waals surface area (Å²) in [7, 11) is -1.80. The Bertz CT molecular complexity index is 640. The zero-order valence-electron chi connectivity index (χ0n) is 13.1. The first-order valence-electron chi connectivity index (χ1n) is 6.99. The van der Waals surface area contributed by atoms with Crippen molar-refractivity contribution in [3.05, 3.63) is 28.8 Å². The number of benzene rings is 1. The van der Waals surface area contributed by atoms with E-state index in [1.807, 2.05) is 13.1 Å². The molecule has 0 spiro atoms. The Balaban J connectivity index is 2.31. The average Bonchev–Trinajstić information content (AvgIpc) is 2.74. The van der Waals surface area contributed by atoms with Crippen LogP contribution >= 0.6 is 11.6 Å². The maximum atomic E-state index is 12.6. The van der Waals surface area contributed by atoms with Crippen molar-refractivity contribution in [2.24, 2.45) is 10.8 Å². The minimum Gasteiger partial charge on any atom is -0.316 e. The predicted molar refractivity (Wildman–Crippen MR) is 85.9 cm³/mol. The lowest BCUT2D eigenvalue weighted by Gasteiger charge is -2.11. The van der Waals surface area contributed by atoms with Gasteiger partial charge in [-0.1, -0.05) is 45.4 Å². The molecule has 1 aliphatic rings. The highest BCUT2D eigenvalue weighted by Gasteiger charge is 2.66. The van der Waals surface area contributed by atoms with Crippen LogP contribution in [0.4, 0.5) is 0 Å². The molecule has 0 atom stereocenters. The molecule has 1 aliphatic carbocycles. The van der Waals surface area contributed by atoms with E-state index in [-0.39, 0.29) is 26.8 Å². The van der Waals surface area contributed by atoms with Crippen LogP contribution in [0.25, 0.3) is 0 Å². The Labute approximate surface area is 132 Å². The van der Waals surface area contributed by atoms with Crippen LogP contribution in [0.1, 0.15) is 33.3 Å². The summed E-state index contributed by atoms with van der Waals surface area (Å²) in [5, 5.41) is 3.25. The van der Waals surface area contributed by atoms with Crippen molar-refractivity contribution in [3.63, 3.8) is 0 Å². The number of hydrogen-bond acceptors (Lipinski definition) is 3. The van der Waals surface area contributed by atoms with Crippen molar-refractivity contribution in [3.8, 4) is 0 Å². The van der Waals surface area contributed by atoms with Crippen molar-refractivity contribution in [1.82, 2.24) is 10.0 Å². The van der Waals surface area contributed by atoms with E-state index < -0.39 is 10.0 Å². The maximum absolute atomic E-state index is 12.6. The molecule has 0 bridgehead atoms. The maximum Gasteiger partial charge on any atom is 0.242 e. The molecule has 0 amide bonds. The highest BCUT2D eigenvalue weighted by atomic mass is 35.5. The van der Waals surface area contributed by atoms with Crippen molar-refractivity contribution in [1.29, 1.82) is 0 Å². The van der Waals surface area contributed by atoms with Crippen LogP contribution in [0.3, 0.4) is 0 Å². The summed E-state index contributed by atoms with van der Waals surface area (Å²) in [5.74, 6) is 0. The van der Waals surface area contributed by atoms with Crippen LogP contribution in [0, 0.1) is 10.8 Å². The molecule has 2 N–H and O–H groups in total. The molecular formula is C15H23ClN2O2S. The van der Waals surface area contributed by atoms with E-state index in [1.165, 1.54) is 0 Å². The van der Waals surface area contributed by atoms with Crippen LogP contribution in [0.15, 0.2) is 23.1 Å². The van der Waals surface area contributed by atoms with Gasteiger partial charge < -0.3 is 5.32 Å². The number of hydrogen-bond donors (Lipinski definition) is 2. The highest BCUT2D eigenvalue weighted by molar-refractivity contribution is 7.89. The molecule has 4 nitrogen and oxygen atoms in total. The fourth-order valence-electron chi connectivity index (χ4n) is 2.78. The lowest BCUT2D eigenvalue weighted by Crippen LogP contribution is -2.30. The van der Waals surface area contributed by atoms with E-state index in [4.69, 9.17) is 11.6 Å². The SMILES string of the molecule is CNCc1ccc(Cl)c(S(=O)(=O)NC2C(C)(C)C2(C)C)c1. The summed E-state index contributed by atoms with van der Waals surface area (Å²) < 4.78 is 28.0. The summed E-state index contributed by atoms with van der Waals surface area (Å²) in [6, 6.07) is 5.00. The van der Waals surface area contributed by atoms with E-state index in [0.717, 1.165) is 5.56 Å². The lowest BCUT2D eigenvalue weighted by atomic mass is 10.0. The van der Waals surface area contributed by atoms with Gasteiger partial charge in [-0.3, -0.25) is 0 Å². The summed E-state index contributed by atoms with van der Waals surface area (Å²) in [6.07, 6.45) is 0. The second-order valence-electron chi connectivity index (χ2n) is 6.79. The fraction of sp³-hybridized carbons (Fsp3) is 0.600. The molecule has 21 heavy (non-hydrogen) atoms. The summed E-state index contributed by atoms with van der Waals surface area (Å²) >= 11 is 6.09. The Morgan fingerprint density at radius 3 is 2.24 bits per heavy atom. The van der Waals surface area contributed by atoms with Gasteiger partial charge in [0.15, 0.2) is 0 Å². The molecule has 118 valence electrons. The quantitative estimate of drug-likeness (QED) is 0.872. The highest BCUT2D eigenvalue weighted by Crippen LogP contribution is 2.63. The van der Waals surface area contributed by atoms with Gasteiger partial charge in [-0.2, -0.15) is 0 Å². The van der Waals surface area contributed by atoms with Gasteiger partial charge in [0.25, 0.3) is 0 Å². The molecular weight excluding hydrogens is 308 g/mol. The number of sulfonamides is 1. The van der Waals surface area contributed by atoms with Crippen molar-refractivity contribution in [2.75, 3.05) is 7.05 Å². The fourth-order valence-corrected chi connectivity index (χ4v) is 4.86. The second kappa shape index (κ2) is 5.23. The third kappa shape index (κ3) is 2.84. The first-order valence-corrected chi connectivity index (χ1v) is 8.85. The Morgan fingerprint density at radius 2 is 1.76 bits per heavy atom. The van der Waals surface area contributed by atoms with Crippen molar-refractivity contribution < 1.29 is 8.42 Å². The van der Waals surface area contributed by atoms with E-state index in [0.29, 0.717) is 6.54 Å². The van der Waals surface area contributed by atoms with Crippen molar-refractivity contribution >= 4 is 21.6 Å².